The van der Waals surface area contributed by atoms with Gasteiger partial charge in [0.25, 0.3) is 0 Å². The van der Waals surface area contributed by atoms with E-state index in [2.05, 4.69) is 17.5 Å². The monoisotopic (exact) mass is 263 g/mol. The van der Waals surface area contributed by atoms with Crippen LogP contribution < -0.4 is 5.32 Å². The normalized spacial score (nSPS) is 28.4. The summed E-state index contributed by atoms with van der Waals surface area (Å²) in [5.74, 6) is -0.493. The summed E-state index contributed by atoms with van der Waals surface area (Å²) < 4.78 is 0. The Balaban J connectivity index is 2.14. The minimum absolute atomic E-state index is 0.107. The van der Waals surface area contributed by atoms with Crippen LogP contribution in [0.3, 0.4) is 0 Å². The van der Waals surface area contributed by atoms with Crippen LogP contribution in [0.5, 0.6) is 0 Å². The van der Waals surface area contributed by atoms with Crippen LogP contribution in [-0.4, -0.2) is 17.1 Å². The largest absolute Gasteiger partial charge is 0.480 e. The Morgan fingerprint density at radius 1 is 1.50 bits per heavy atom. The Morgan fingerprint density at radius 3 is 3.00 bits per heavy atom. The third kappa shape index (κ3) is 1.54. The second-order valence-corrected chi connectivity index (χ2v) is 5.36. The molecule has 0 amide bonds. The molecule has 18 heavy (non-hydrogen) atoms. The lowest BCUT2D eigenvalue weighted by Crippen LogP contribution is -2.42. The van der Waals surface area contributed by atoms with Gasteiger partial charge in [0, 0.05) is 22.5 Å². The molecule has 0 unspecified atom stereocenters. The number of fused-ring (bicyclic) bond motifs is 3. The van der Waals surface area contributed by atoms with Crippen molar-refractivity contribution in [2.75, 3.05) is 5.32 Å². The Hall–Kier alpha value is -1.48. The molecule has 0 spiro atoms. The highest BCUT2D eigenvalue weighted by Gasteiger charge is 2.41. The molecule has 0 aromatic heterocycles. The summed E-state index contributed by atoms with van der Waals surface area (Å²) in [6.45, 7) is 1.92. The first kappa shape index (κ1) is 11.6. The molecular weight excluding hydrogens is 250 g/mol. The van der Waals surface area contributed by atoms with Crippen molar-refractivity contribution in [3.8, 4) is 0 Å². The number of hydrogen-bond acceptors (Lipinski definition) is 2. The third-order valence-corrected chi connectivity index (χ3v) is 4.41. The summed E-state index contributed by atoms with van der Waals surface area (Å²) in [5, 5.41) is 13.2. The van der Waals surface area contributed by atoms with Gasteiger partial charge in [0.2, 0.25) is 0 Å². The van der Waals surface area contributed by atoms with E-state index in [-0.39, 0.29) is 11.8 Å². The van der Waals surface area contributed by atoms with Crippen molar-refractivity contribution in [2.45, 2.75) is 25.3 Å². The predicted octanol–water partition coefficient (Wildman–Crippen LogP) is 3.19. The van der Waals surface area contributed by atoms with E-state index < -0.39 is 12.0 Å². The van der Waals surface area contributed by atoms with Crippen molar-refractivity contribution in [3.63, 3.8) is 0 Å². The van der Waals surface area contributed by atoms with Gasteiger partial charge in [0.1, 0.15) is 6.04 Å². The molecule has 2 N–H and O–H groups in total. The number of carboxylic acid groups (broad SMARTS) is 1. The van der Waals surface area contributed by atoms with Gasteiger partial charge in [-0.3, -0.25) is 0 Å². The summed E-state index contributed by atoms with van der Waals surface area (Å²) in [6.07, 6.45) is 5.01. The summed E-state index contributed by atoms with van der Waals surface area (Å²) in [6, 6.07) is 3.36. The van der Waals surface area contributed by atoms with Gasteiger partial charge in [0.15, 0.2) is 0 Å². The zero-order valence-electron chi connectivity index (χ0n) is 9.98. The second-order valence-electron chi connectivity index (χ2n) is 4.95. The summed E-state index contributed by atoms with van der Waals surface area (Å²) in [7, 11) is 0. The van der Waals surface area contributed by atoms with Crippen molar-refractivity contribution < 1.29 is 9.90 Å². The lowest BCUT2D eigenvalue weighted by Gasteiger charge is -2.35. The van der Waals surface area contributed by atoms with E-state index in [0.717, 1.165) is 23.2 Å². The topological polar surface area (TPSA) is 49.3 Å². The standard InChI is InChI=1S/C14H14ClNO2/c1-7-11(15)6-5-10-8-3-2-4-9(8)13(14(17)18)16-12(7)10/h2-3,5-6,8-9,13,16H,4H2,1H3,(H,17,18)/t8-,9+,13+/m0/s1. The number of allylic oxidation sites excluding steroid dienone is 2. The van der Waals surface area contributed by atoms with Crippen molar-refractivity contribution in [2.24, 2.45) is 5.92 Å². The fraction of sp³-hybridized carbons (Fsp3) is 0.357. The van der Waals surface area contributed by atoms with Gasteiger partial charge in [0.05, 0.1) is 0 Å². The Bertz CT molecular complexity index is 553. The van der Waals surface area contributed by atoms with Crippen LogP contribution in [0.15, 0.2) is 24.3 Å². The summed E-state index contributed by atoms with van der Waals surface area (Å²) >= 11 is 6.11. The van der Waals surface area contributed by atoms with Crippen LogP contribution in [0, 0.1) is 12.8 Å². The number of rotatable bonds is 1. The number of anilines is 1. The lowest BCUT2D eigenvalue weighted by molar-refractivity contribution is -0.139. The number of aliphatic carboxylic acids is 1. The molecular formula is C14H14ClNO2. The first-order valence-electron chi connectivity index (χ1n) is 6.04. The minimum atomic E-state index is -0.793. The number of nitrogens with one attached hydrogen (secondary N) is 1. The van der Waals surface area contributed by atoms with Gasteiger partial charge in [-0.1, -0.05) is 29.8 Å². The molecule has 4 heteroatoms. The van der Waals surface area contributed by atoms with Crippen LogP contribution in [0.4, 0.5) is 5.69 Å². The predicted molar refractivity (Wildman–Crippen MR) is 71.2 cm³/mol. The first-order chi connectivity index (χ1) is 8.59. The highest BCUT2D eigenvalue weighted by atomic mass is 35.5. The van der Waals surface area contributed by atoms with Crippen LogP contribution in [0.2, 0.25) is 5.02 Å². The van der Waals surface area contributed by atoms with Gasteiger partial charge in [-0.2, -0.15) is 0 Å². The van der Waals surface area contributed by atoms with Crippen molar-refractivity contribution in [1.29, 1.82) is 0 Å². The molecule has 3 rings (SSSR count). The number of carbonyl (C=O) groups is 1. The summed E-state index contributed by atoms with van der Waals surface area (Å²) in [5.41, 5.74) is 2.98. The van der Waals surface area contributed by atoms with E-state index in [9.17, 15) is 9.90 Å². The fourth-order valence-corrected chi connectivity index (χ4v) is 3.19. The number of carboxylic acids is 1. The molecule has 0 saturated heterocycles. The number of benzene rings is 1. The zero-order chi connectivity index (χ0) is 12.9. The quantitative estimate of drug-likeness (QED) is 0.765. The molecule has 3 atom stereocenters. The SMILES string of the molecule is Cc1c(Cl)ccc2c1N[C@@H](C(=O)O)[C@@H]1CC=C[C@H]21. The molecule has 0 fully saturated rings. The maximum absolute atomic E-state index is 11.4. The fourth-order valence-electron chi connectivity index (χ4n) is 3.03. The van der Waals surface area contributed by atoms with Crippen molar-refractivity contribution in [3.05, 3.63) is 40.4 Å². The lowest BCUT2D eigenvalue weighted by atomic mass is 9.78. The van der Waals surface area contributed by atoms with Crippen LogP contribution >= 0.6 is 11.6 Å². The summed E-state index contributed by atoms with van der Waals surface area (Å²) in [4.78, 5) is 11.4. The maximum atomic E-state index is 11.4. The van der Waals surface area contributed by atoms with Gasteiger partial charge in [-0.15, -0.1) is 0 Å². The van der Waals surface area contributed by atoms with Crippen molar-refractivity contribution >= 4 is 23.3 Å². The molecule has 1 heterocycles. The highest BCUT2D eigenvalue weighted by molar-refractivity contribution is 6.31. The molecule has 1 aliphatic heterocycles. The van der Waals surface area contributed by atoms with Crippen LogP contribution in [0.25, 0.3) is 0 Å². The molecule has 1 aromatic rings. The molecule has 2 aliphatic rings. The molecule has 94 valence electrons. The zero-order valence-corrected chi connectivity index (χ0v) is 10.7. The molecule has 1 aromatic carbocycles. The minimum Gasteiger partial charge on any atom is -0.480 e. The smallest absolute Gasteiger partial charge is 0.326 e. The molecule has 1 aliphatic carbocycles. The highest BCUT2D eigenvalue weighted by Crippen LogP contribution is 2.46. The van der Waals surface area contributed by atoms with E-state index >= 15 is 0 Å². The van der Waals surface area contributed by atoms with Gasteiger partial charge >= 0.3 is 5.97 Å². The molecule has 0 radical (unpaired) electrons. The average Bonchev–Trinajstić information content (AvgIpc) is 2.81. The third-order valence-electron chi connectivity index (χ3n) is 4.00. The van der Waals surface area contributed by atoms with E-state index in [1.54, 1.807) is 0 Å². The van der Waals surface area contributed by atoms with Crippen LogP contribution in [-0.2, 0) is 4.79 Å². The van der Waals surface area contributed by atoms with Gasteiger partial charge < -0.3 is 10.4 Å². The van der Waals surface area contributed by atoms with Crippen molar-refractivity contribution in [1.82, 2.24) is 0 Å². The van der Waals surface area contributed by atoms with E-state index in [0.29, 0.717) is 5.02 Å². The molecule has 3 nitrogen and oxygen atoms in total. The van der Waals surface area contributed by atoms with E-state index in [4.69, 9.17) is 11.6 Å². The number of hydrogen-bond donors (Lipinski definition) is 2. The van der Waals surface area contributed by atoms with Crippen LogP contribution in [0.1, 0.15) is 23.5 Å². The number of halogens is 1. The average molecular weight is 264 g/mol. The van der Waals surface area contributed by atoms with E-state index in [1.807, 2.05) is 19.1 Å². The molecule has 0 saturated carbocycles. The second kappa shape index (κ2) is 4.02. The Morgan fingerprint density at radius 2 is 2.28 bits per heavy atom. The Labute approximate surface area is 110 Å². The van der Waals surface area contributed by atoms with Gasteiger partial charge in [-0.25, -0.2) is 4.79 Å². The van der Waals surface area contributed by atoms with E-state index in [1.165, 1.54) is 0 Å². The maximum Gasteiger partial charge on any atom is 0.326 e. The van der Waals surface area contributed by atoms with Gasteiger partial charge in [-0.05, 0) is 30.5 Å². The Kier molecular flexibility index (Phi) is 2.59. The first-order valence-corrected chi connectivity index (χ1v) is 6.42. The molecule has 0 bridgehead atoms.